The Bertz CT molecular complexity index is 746. The SMILES string of the molecule is C=C(O)CCc1cnc2cc[c-]cc2n1.CC.CC(C)I.CCI.N.[W+2].[c-]1ccccc1. The van der Waals surface area contributed by atoms with E-state index in [1.807, 2.05) is 56.3 Å². The van der Waals surface area contributed by atoms with Crippen molar-refractivity contribution in [1.29, 1.82) is 0 Å². The van der Waals surface area contributed by atoms with E-state index in [1.165, 1.54) is 4.43 Å². The van der Waals surface area contributed by atoms with Crippen LogP contribution in [0.3, 0.4) is 0 Å². The van der Waals surface area contributed by atoms with Crippen molar-refractivity contribution in [3.63, 3.8) is 0 Å². The van der Waals surface area contributed by atoms with Crippen LogP contribution in [-0.4, -0.2) is 23.4 Å². The van der Waals surface area contributed by atoms with Crippen molar-refractivity contribution in [2.24, 2.45) is 0 Å². The Balaban J connectivity index is -0.000000193. The molecule has 4 N–H and O–H groups in total. The van der Waals surface area contributed by atoms with Crippen LogP contribution < -0.4 is 6.15 Å². The molecule has 4 nitrogen and oxygen atoms in total. The van der Waals surface area contributed by atoms with E-state index in [0.29, 0.717) is 12.8 Å². The van der Waals surface area contributed by atoms with Gasteiger partial charge in [0.2, 0.25) is 0 Å². The number of halogens is 2. The summed E-state index contributed by atoms with van der Waals surface area (Å²) in [6, 6.07) is 20.9. The molecule has 2 aromatic carbocycles. The van der Waals surface area contributed by atoms with Crippen LogP contribution in [0.2, 0.25) is 0 Å². The monoisotopic (exact) mass is 833 g/mol. The summed E-state index contributed by atoms with van der Waals surface area (Å²) in [4.78, 5) is 8.67. The summed E-state index contributed by atoms with van der Waals surface area (Å²) < 4.78 is 2.02. The number of benzene rings is 2. The molecule has 1 aromatic heterocycles. The van der Waals surface area contributed by atoms with Gasteiger partial charge in [-0.05, 0) is 21.9 Å². The number of hydrogen-bond acceptors (Lipinski definition) is 4. The van der Waals surface area contributed by atoms with Crippen molar-refractivity contribution in [3.05, 3.63) is 84.9 Å². The van der Waals surface area contributed by atoms with E-state index in [1.54, 1.807) is 12.3 Å². The van der Waals surface area contributed by atoms with Crippen molar-refractivity contribution in [2.45, 2.75) is 51.4 Å². The standard InChI is InChI=1S/C12H11N2O.C6H5.C3H7I.C2H5I.C2H6.H3N.W/c1-9(15)6-7-10-8-13-11-4-2-3-5-12(11)14-10;1-2-4-6-5-3-1;1-3(2)4;1-2-3;1-2;;/h2,4-5,8,15H,1,6-7H2;1-5H;3H,1-2H3;2H2,1H3;1-2H3;1H3;/q2*-1;;;;;+2. The van der Waals surface area contributed by atoms with Crippen LogP contribution in [0.4, 0.5) is 0 Å². The average molecular weight is 833 g/mol. The Morgan fingerprint density at radius 2 is 1.62 bits per heavy atom. The fraction of sp³-hybridized carbons (Fsp3) is 0.360. The second-order valence-corrected chi connectivity index (χ2v) is 9.72. The molecule has 7 heteroatoms. The van der Waals surface area contributed by atoms with Crippen LogP contribution in [0.25, 0.3) is 11.0 Å². The molecule has 0 saturated carbocycles. The quantitative estimate of drug-likeness (QED) is 0.120. The molecule has 32 heavy (non-hydrogen) atoms. The van der Waals surface area contributed by atoms with Gasteiger partial charge in [-0.15, -0.1) is 12.1 Å². The van der Waals surface area contributed by atoms with E-state index in [-0.39, 0.29) is 33.0 Å². The van der Waals surface area contributed by atoms with Crippen LogP contribution in [0.5, 0.6) is 0 Å². The fourth-order valence-corrected chi connectivity index (χ4v) is 1.67. The molecule has 0 spiro atoms. The normalized spacial score (nSPS) is 8.25. The predicted octanol–water partition coefficient (Wildman–Crippen LogP) is 8.38. The summed E-state index contributed by atoms with van der Waals surface area (Å²) in [5.41, 5.74) is 2.55. The maximum absolute atomic E-state index is 8.98. The number of fused-ring (bicyclic) bond motifs is 1. The number of nitrogens with zero attached hydrogens (tertiary/aromatic N) is 2. The summed E-state index contributed by atoms with van der Waals surface area (Å²) >= 11 is 4.63. The second-order valence-electron chi connectivity index (χ2n) is 5.70. The van der Waals surface area contributed by atoms with E-state index in [2.05, 4.69) is 94.6 Å². The van der Waals surface area contributed by atoms with Crippen molar-refractivity contribution in [2.75, 3.05) is 4.43 Å². The zero-order valence-electron chi connectivity index (χ0n) is 19.8. The van der Waals surface area contributed by atoms with Crippen molar-refractivity contribution in [3.8, 4) is 0 Å². The first-order chi connectivity index (χ1) is 14.4. The van der Waals surface area contributed by atoms with E-state index in [9.17, 15) is 0 Å². The zero-order valence-corrected chi connectivity index (χ0v) is 27.1. The van der Waals surface area contributed by atoms with E-state index >= 15 is 0 Å². The molecule has 3 aromatic rings. The minimum Gasteiger partial charge on any atom is -0.513 e. The third-order valence-electron chi connectivity index (χ3n) is 2.71. The summed E-state index contributed by atoms with van der Waals surface area (Å²) in [7, 11) is 0. The molecule has 1 heterocycles. The van der Waals surface area contributed by atoms with E-state index < -0.39 is 0 Å². The van der Waals surface area contributed by atoms with Gasteiger partial charge in [-0.25, -0.2) is 0 Å². The summed E-state index contributed by atoms with van der Waals surface area (Å²) in [6.07, 6.45) is 2.91. The van der Waals surface area contributed by atoms with Crippen LogP contribution in [0.15, 0.2) is 67.1 Å². The second kappa shape index (κ2) is 28.5. The maximum Gasteiger partial charge on any atom is 2.00 e. The Morgan fingerprint density at radius 3 is 2.03 bits per heavy atom. The van der Waals surface area contributed by atoms with E-state index in [4.69, 9.17) is 5.11 Å². The average Bonchev–Trinajstić information content (AvgIpc) is 2.75. The van der Waals surface area contributed by atoms with Gasteiger partial charge in [0.1, 0.15) is 0 Å². The predicted molar refractivity (Wildman–Crippen MR) is 154 cm³/mol. The molecular formula is C25H37I2N3OW. The van der Waals surface area contributed by atoms with Gasteiger partial charge >= 0.3 is 21.1 Å². The number of aliphatic hydroxyl groups excluding tert-OH is 1. The molecule has 0 aliphatic rings. The first-order valence-corrected chi connectivity index (χ1v) is 12.8. The van der Waals surface area contributed by atoms with Gasteiger partial charge < -0.3 is 16.2 Å². The molecule has 0 saturated heterocycles. The Kier molecular flexibility index (Phi) is 34.4. The number of allylic oxidation sites excluding steroid dienone is 1. The fourth-order valence-electron chi connectivity index (χ4n) is 1.67. The number of rotatable bonds is 3. The number of aromatic nitrogens is 2. The van der Waals surface area contributed by atoms with Gasteiger partial charge in [-0.1, -0.05) is 86.4 Å². The molecule has 0 aliphatic heterocycles. The first kappa shape index (κ1) is 38.7. The van der Waals surface area contributed by atoms with Crippen LogP contribution >= 0.6 is 45.2 Å². The Morgan fingerprint density at radius 1 is 1.09 bits per heavy atom. The molecule has 0 aliphatic carbocycles. The molecule has 0 amide bonds. The third kappa shape index (κ3) is 25.7. The van der Waals surface area contributed by atoms with Crippen molar-refractivity contribution >= 4 is 56.2 Å². The smallest absolute Gasteiger partial charge is 0.513 e. The molecule has 0 atom stereocenters. The summed E-state index contributed by atoms with van der Waals surface area (Å²) in [5, 5.41) is 8.98. The Labute approximate surface area is 237 Å². The van der Waals surface area contributed by atoms with Gasteiger partial charge in [-0.3, -0.25) is 4.98 Å². The van der Waals surface area contributed by atoms with Gasteiger partial charge in [-0.2, -0.15) is 48.5 Å². The van der Waals surface area contributed by atoms with Crippen LogP contribution in [0, 0.1) is 12.1 Å². The van der Waals surface area contributed by atoms with Gasteiger partial charge in [0.15, 0.2) is 0 Å². The number of hydrogen-bond donors (Lipinski definition) is 2. The van der Waals surface area contributed by atoms with Gasteiger partial charge in [0, 0.05) is 22.2 Å². The minimum atomic E-state index is 0. The summed E-state index contributed by atoms with van der Waals surface area (Å²) in [6.45, 7) is 13.9. The number of aryl methyl sites for hydroxylation is 1. The van der Waals surface area contributed by atoms with Gasteiger partial charge in [0.25, 0.3) is 0 Å². The summed E-state index contributed by atoms with van der Waals surface area (Å²) in [5.74, 6) is 0.177. The number of aliphatic hydroxyl groups is 1. The zero-order chi connectivity index (χ0) is 23.2. The third-order valence-corrected chi connectivity index (χ3v) is 2.71. The maximum atomic E-state index is 8.98. The topological polar surface area (TPSA) is 81.0 Å². The molecule has 0 radical (unpaired) electrons. The van der Waals surface area contributed by atoms with Crippen LogP contribution in [-0.2, 0) is 27.5 Å². The van der Waals surface area contributed by atoms with Gasteiger partial charge in [0.05, 0.1) is 5.76 Å². The van der Waals surface area contributed by atoms with E-state index in [0.717, 1.165) is 20.7 Å². The largest absolute Gasteiger partial charge is 2.00 e. The molecule has 178 valence electrons. The number of alkyl halides is 2. The van der Waals surface area contributed by atoms with Crippen molar-refractivity contribution in [1.82, 2.24) is 16.1 Å². The molecular weight excluding hydrogens is 796 g/mol. The van der Waals surface area contributed by atoms with Crippen LogP contribution in [0.1, 0.15) is 46.7 Å². The minimum absolute atomic E-state index is 0. The first-order valence-electron chi connectivity index (χ1n) is 10.00. The Hall–Kier alpha value is -0.572. The van der Waals surface area contributed by atoms with Crippen molar-refractivity contribution < 1.29 is 26.2 Å². The molecule has 3 rings (SSSR count). The molecule has 0 bridgehead atoms. The molecule has 0 fully saturated rings. The molecule has 0 unspecified atom stereocenters.